The number of hydrogen-bond donors (Lipinski definition) is 6. The SMILES string of the molecule is CCC(=O)OCCCCC(=O)Nc1ccccc1N.COCCOc1ccc(Nc2ncc(F)c(Nc3cccc(NC(=O)C4CCNCC4)c3)n2)cc1. The molecule has 1 saturated heterocycles. The topological polar surface area (TPSA) is 191 Å². The van der Waals surface area contributed by atoms with Gasteiger partial charge in [-0.2, -0.15) is 4.98 Å². The molecule has 54 heavy (non-hydrogen) atoms. The molecule has 1 fully saturated rings. The van der Waals surface area contributed by atoms with Crippen LogP contribution in [0.1, 0.15) is 45.4 Å². The lowest BCUT2D eigenvalue weighted by Crippen LogP contribution is -2.34. The molecular weight excluding hydrogens is 695 g/mol. The number of carbonyl (C=O) groups excluding carboxylic acids is 3. The number of carbonyl (C=O) groups is 3. The van der Waals surface area contributed by atoms with Gasteiger partial charge in [0.25, 0.3) is 0 Å². The maximum Gasteiger partial charge on any atom is 0.305 e. The van der Waals surface area contributed by atoms with Crippen LogP contribution in [0.3, 0.4) is 0 Å². The number of esters is 1. The summed E-state index contributed by atoms with van der Waals surface area (Å²) < 4.78 is 29.9. The zero-order valence-corrected chi connectivity index (χ0v) is 30.7. The van der Waals surface area contributed by atoms with E-state index in [1.807, 2.05) is 36.4 Å². The van der Waals surface area contributed by atoms with Crippen molar-refractivity contribution in [1.29, 1.82) is 0 Å². The minimum absolute atomic E-state index is 0.00142. The van der Waals surface area contributed by atoms with Crippen LogP contribution in [-0.4, -0.2) is 67.8 Å². The van der Waals surface area contributed by atoms with E-state index in [9.17, 15) is 18.8 Å². The summed E-state index contributed by atoms with van der Waals surface area (Å²) in [6, 6.07) is 21.5. The Balaban J connectivity index is 0.000000290. The highest BCUT2D eigenvalue weighted by Gasteiger charge is 2.21. The molecule has 288 valence electrons. The predicted octanol–water partition coefficient (Wildman–Crippen LogP) is 6.40. The fourth-order valence-corrected chi connectivity index (χ4v) is 5.16. The Morgan fingerprint density at radius 1 is 0.889 bits per heavy atom. The smallest absolute Gasteiger partial charge is 0.305 e. The number of para-hydroxylation sites is 2. The Kier molecular flexibility index (Phi) is 16.9. The predicted molar refractivity (Wildman–Crippen MR) is 208 cm³/mol. The first-order chi connectivity index (χ1) is 26.2. The van der Waals surface area contributed by atoms with Gasteiger partial charge in [-0.3, -0.25) is 14.4 Å². The van der Waals surface area contributed by atoms with Gasteiger partial charge in [0.05, 0.1) is 30.8 Å². The maximum atomic E-state index is 14.4. The number of halogens is 1. The van der Waals surface area contributed by atoms with Gasteiger partial charge in [-0.25, -0.2) is 9.37 Å². The Labute approximate surface area is 314 Å². The van der Waals surface area contributed by atoms with E-state index in [1.54, 1.807) is 50.4 Å². The third kappa shape index (κ3) is 14.3. The van der Waals surface area contributed by atoms with Crippen LogP contribution in [0.25, 0.3) is 0 Å². The second kappa shape index (κ2) is 22.3. The highest BCUT2D eigenvalue weighted by molar-refractivity contribution is 5.94. The van der Waals surface area contributed by atoms with E-state index in [-0.39, 0.29) is 35.5 Å². The number of hydrogen-bond acceptors (Lipinski definition) is 12. The molecular formula is C39H49FN8O6. The first-order valence-electron chi connectivity index (χ1n) is 17.9. The van der Waals surface area contributed by atoms with Gasteiger partial charge in [0.1, 0.15) is 12.4 Å². The summed E-state index contributed by atoms with van der Waals surface area (Å²) in [5, 5.41) is 15.0. The lowest BCUT2D eigenvalue weighted by Gasteiger charge is -2.21. The number of amides is 2. The molecule has 15 heteroatoms. The normalized spacial score (nSPS) is 12.4. The van der Waals surface area contributed by atoms with Crippen molar-refractivity contribution in [2.45, 2.75) is 45.4 Å². The van der Waals surface area contributed by atoms with E-state index < -0.39 is 5.82 Å². The highest BCUT2D eigenvalue weighted by Crippen LogP contribution is 2.25. The average Bonchev–Trinajstić information content (AvgIpc) is 3.18. The van der Waals surface area contributed by atoms with E-state index in [0.717, 1.165) is 37.8 Å². The number of nitrogens with zero attached hydrogens (tertiary/aromatic N) is 2. The Morgan fingerprint density at radius 3 is 2.39 bits per heavy atom. The summed E-state index contributed by atoms with van der Waals surface area (Å²) in [6.07, 6.45) is 4.86. The van der Waals surface area contributed by atoms with Gasteiger partial charge in [0.15, 0.2) is 11.6 Å². The average molecular weight is 745 g/mol. The molecule has 0 atom stereocenters. The second-order valence-electron chi connectivity index (χ2n) is 12.3. The Hall–Kier alpha value is -5.80. The largest absolute Gasteiger partial charge is 0.491 e. The molecule has 2 amide bonds. The van der Waals surface area contributed by atoms with Crippen LogP contribution in [-0.2, 0) is 23.9 Å². The van der Waals surface area contributed by atoms with Crippen molar-refractivity contribution in [2.75, 3.05) is 67.0 Å². The second-order valence-corrected chi connectivity index (χ2v) is 12.3. The number of rotatable bonds is 17. The minimum atomic E-state index is -0.596. The number of benzene rings is 3. The van der Waals surface area contributed by atoms with Crippen molar-refractivity contribution in [3.8, 4) is 5.75 Å². The minimum Gasteiger partial charge on any atom is -0.491 e. The molecule has 3 aromatic carbocycles. The molecule has 0 aliphatic carbocycles. The summed E-state index contributed by atoms with van der Waals surface area (Å²) in [6.45, 7) is 4.77. The van der Waals surface area contributed by atoms with Gasteiger partial charge >= 0.3 is 5.97 Å². The molecule has 5 rings (SSSR count). The number of anilines is 7. The molecule has 0 saturated carbocycles. The molecule has 1 aliphatic rings. The first-order valence-corrected chi connectivity index (χ1v) is 17.9. The van der Waals surface area contributed by atoms with Crippen molar-refractivity contribution in [2.24, 2.45) is 5.92 Å². The number of unbranched alkanes of at least 4 members (excludes halogenated alkanes) is 1. The van der Waals surface area contributed by atoms with Crippen molar-refractivity contribution in [3.05, 3.63) is 84.8 Å². The van der Waals surface area contributed by atoms with Crippen LogP contribution in [0.15, 0.2) is 79.0 Å². The zero-order chi connectivity index (χ0) is 38.5. The van der Waals surface area contributed by atoms with E-state index in [4.69, 9.17) is 19.9 Å². The summed E-state index contributed by atoms with van der Waals surface area (Å²) in [7, 11) is 1.62. The van der Waals surface area contributed by atoms with Crippen LogP contribution < -0.4 is 37.1 Å². The van der Waals surface area contributed by atoms with Gasteiger partial charge < -0.3 is 46.5 Å². The van der Waals surface area contributed by atoms with Crippen LogP contribution in [0.2, 0.25) is 0 Å². The molecule has 7 N–H and O–H groups in total. The van der Waals surface area contributed by atoms with E-state index in [2.05, 4.69) is 36.6 Å². The summed E-state index contributed by atoms with van der Waals surface area (Å²) >= 11 is 0. The third-order valence-corrected chi connectivity index (χ3v) is 8.10. The van der Waals surface area contributed by atoms with Gasteiger partial charge in [-0.1, -0.05) is 25.1 Å². The molecule has 4 aromatic rings. The molecule has 1 aromatic heterocycles. The molecule has 2 heterocycles. The van der Waals surface area contributed by atoms with Gasteiger partial charge in [-0.05, 0) is 93.4 Å². The number of methoxy groups -OCH3 is 1. The fourth-order valence-electron chi connectivity index (χ4n) is 5.16. The lowest BCUT2D eigenvalue weighted by atomic mass is 9.97. The molecule has 1 aliphatic heterocycles. The number of nitrogen functional groups attached to an aromatic ring is 1. The summed E-state index contributed by atoms with van der Waals surface area (Å²) in [5.41, 5.74) is 8.86. The fraction of sp³-hybridized carbons (Fsp3) is 0.359. The third-order valence-electron chi connectivity index (χ3n) is 8.10. The molecule has 0 spiro atoms. The lowest BCUT2D eigenvalue weighted by molar-refractivity contribution is -0.143. The van der Waals surface area contributed by atoms with Gasteiger partial charge in [0, 0.05) is 42.9 Å². The van der Waals surface area contributed by atoms with Crippen molar-refractivity contribution in [1.82, 2.24) is 15.3 Å². The standard InChI is InChI=1S/C25H29FN6O3.C14H20N2O3/c1-34-13-14-35-21-7-5-18(6-8-21)31-25-28-16-22(26)23(32-25)29-19-3-2-4-20(15-19)30-24(33)17-9-11-27-12-10-17;1-2-14(18)19-10-6-5-9-13(17)16-12-8-4-3-7-11(12)15/h2-8,15-17,27H,9-14H2,1H3,(H,30,33)(H2,28,29,31,32);3-4,7-8H,2,5-6,9-10,15H2,1H3,(H,16,17). The van der Waals surface area contributed by atoms with E-state index in [1.165, 1.54) is 0 Å². The van der Waals surface area contributed by atoms with Crippen LogP contribution in [0.5, 0.6) is 5.75 Å². The number of piperidine rings is 1. The van der Waals surface area contributed by atoms with Crippen LogP contribution in [0, 0.1) is 11.7 Å². The van der Waals surface area contributed by atoms with E-state index in [0.29, 0.717) is 74.0 Å². The number of nitrogens with one attached hydrogen (secondary N) is 5. The molecule has 14 nitrogen and oxygen atoms in total. The van der Waals surface area contributed by atoms with Gasteiger partial charge in [0.2, 0.25) is 17.8 Å². The number of ether oxygens (including phenoxy) is 3. The number of nitrogens with two attached hydrogens (primary N) is 1. The number of aromatic nitrogens is 2. The summed E-state index contributed by atoms with van der Waals surface area (Å²) in [4.78, 5) is 43.3. The molecule has 0 unspecified atom stereocenters. The summed E-state index contributed by atoms with van der Waals surface area (Å²) in [5.74, 6) is 0.0661. The highest BCUT2D eigenvalue weighted by atomic mass is 19.1. The van der Waals surface area contributed by atoms with Crippen molar-refractivity contribution < 1.29 is 33.0 Å². The van der Waals surface area contributed by atoms with Gasteiger partial charge in [-0.15, -0.1) is 0 Å². The quantitative estimate of drug-likeness (QED) is 0.0397. The van der Waals surface area contributed by atoms with Crippen LogP contribution >= 0.6 is 0 Å². The maximum absolute atomic E-state index is 14.4. The van der Waals surface area contributed by atoms with E-state index >= 15 is 0 Å². The Bertz CT molecular complexity index is 1790. The monoisotopic (exact) mass is 744 g/mol. The van der Waals surface area contributed by atoms with Crippen molar-refractivity contribution >= 4 is 58.0 Å². The first kappa shape index (κ1) is 41.0. The zero-order valence-electron chi connectivity index (χ0n) is 30.7. The molecule has 0 radical (unpaired) electrons. The molecule has 0 bridgehead atoms. The van der Waals surface area contributed by atoms with Crippen molar-refractivity contribution in [3.63, 3.8) is 0 Å². The van der Waals surface area contributed by atoms with Crippen LogP contribution in [0.4, 0.5) is 44.6 Å². The Morgan fingerprint density at radius 2 is 1.65 bits per heavy atom.